The van der Waals surface area contributed by atoms with Crippen LogP contribution in [-0.2, 0) is 6.54 Å². The fourth-order valence-electron chi connectivity index (χ4n) is 3.34. The molecule has 0 radical (unpaired) electrons. The Morgan fingerprint density at radius 1 is 1.13 bits per heavy atom. The molecule has 23 heavy (non-hydrogen) atoms. The number of anilines is 1. The van der Waals surface area contributed by atoms with E-state index in [0.717, 1.165) is 23.2 Å². The van der Waals surface area contributed by atoms with Gasteiger partial charge in [-0.25, -0.2) is 4.98 Å². The summed E-state index contributed by atoms with van der Waals surface area (Å²) < 4.78 is 0. The van der Waals surface area contributed by atoms with Crippen molar-refractivity contribution in [2.45, 2.75) is 25.8 Å². The number of fused-ring (bicyclic) bond motifs is 1. The number of likely N-dealkylation sites (tertiary alicyclic amines) is 1. The predicted octanol–water partition coefficient (Wildman–Crippen LogP) is 3.19. The summed E-state index contributed by atoms with van der Waals surface area (Å²) >= 11 is 0. The van der Waals surface area contributed by atoms with Crippen LogP contribution in [0.25, 0.3) is 22.3 Å². The molecule has 1 saturated heterocycles. The molecule has 0 aliphatic carbocycles. The summed E-state index contributed by atoms with van der Waals surface area (Å²) in [4.78, 5) is 6.80. The van der Waals surface area contributed by atoms with E-state index < -0.39 is 0 Å². The first-order chi connectivity index (χ1) is 11.3. The lowest BCUT2D eigenvalue weighted by Crippen LogP contribution is -2.29. The van der Waals surface area contributed by atoms with Crippen LogP contribution in [0, 0.1) is 0 Å². The maximum Gasteiger partial charge on any atom is 0.181 e. The number of pyridine rings is 1. The Kier molecular flexibility index (Phi) is 3.71. The second kappa shape index (κ2) is 6.01. The van der Waals surface area contributed by atoms with Crippen molar-refractivity contribution in [3.63, 3.8) is 0 Å². The van der Waals surface area contributed by atoms with Crippen LogP contribution in [0.3, 0.4) is 0 Å². The number of hydrogen-bond donors (Lipinski definition) is 2. The normalized spacial score (nSPS) is 16.0. The molecule has 1 fully saturated rings. The second-order valence-electron chi connectivity index (χ2n) is 6.28. The van der Waals surface area contributed by atoms with Crippen molar-refractivity contribution in [2.75, 3.05) is 18.8 Å². The van der Waals surface area contributed by atoms with Crippen LogP contribution < -0.4 is 5.73 Å². The lowest BCUT2D eigenvalue weighted by Gasteiger charge is -2.26. The number of aromatic nitrogens is 3. The van der Waals surface area contributed by atoms with Crippen molar-refractivity contribution in [1.29, 1.82) is 0 Å². The Bertz CT molecular complexity index is 817. The summed E-state index contributed by atoms with van der Waals surface area (Å²) in [6, 6.07) is 10.6. The molecular weight excluding hydrogens is 286 g/mol. The van der Waals surface area contributed by atoms with Crippen molar-refractivity contribution in [1.82, 2.24) is 20.1 Å². The van der Waals surface area contributed by atoms with Crippen molar-refractivity contribution in [3.8, 4) is 11.3 Å². The van der Waals surface area contributed by atoms with E-state index in [1.54, 1.807) is 6.20 Å². The molecule has 118 valence electrons. The molecular formula is C18H21N5. The molecule has 5 heteroatoms. The minimum Gasteiger partial charge on any atom is -0.397 e. The molecule has 3 aromatic rings. The summed E-state index contributed by atoms with van der Waals surface area (Å²) in [5.41, 5.74) is 10.7. The van der Waals surface area contributed by atoms with E-state index in [-0.39, 0.29) is 0 Å². The lowest BCUT2D eigenvalue weighted by molar-refractivity contribution is 0.221. The van der Waals surface area contributed by atoms with E-state index in [0.29, 0.717) is 11.3 Å². The molecule has 0 amide bonds. The molecule has 0 bridgehead atoms. The van der Waals surface area contributed by atoms with Crippen LogP contribution in [0.4, 0.5) is 5.69 Å². The van der Waals surface area contributed by atoms with Gasteiger partial charge >= 0.3 is 0 Å². The molecule has 3 heterocycles. The zero-order chi connectivity index (χ0) is 15.6. The zero-order valence-electron chi connectivity index (χ0n) is 13.1. The highest BCUT2D eigenvalue weighted by Gasteiger charge is 2.12. The quantitative estimate of drug-likeness (QED) is 0.779. The Hall–Kier alpha value is -2.40. The van der Waals surface area contributed by atoms with Gasteiger partial charge in [0.25, 0.3) is 0 Å². The van der Waals surface area contributed by atoms with E-state index >= 15 is 0 Å². The van der Waals surface area contributed by atoms with E-state index in [9.17, 15) is 0 Å². The summed E-state index contributed by atoms with van der Waals surface area (Å²) in [5, 5.41) is 8.36. The van der Waals surface area contributed by atoms with Gasteiger partial charge in [0.05, 0.1) is 17.6 Å². The number of aromatic amines is 1. The van der Waals surface area contributed by atoms with Gasteiger partial charge in [0.1, 0.15) is 0 Å². The van der Waals surface area contributed by atoms with E-state index in [2.05, 4.69) is 44.3 Å². The lowest BCUT2D eigenvalue weighted by atomic mass is 10.0. The number of benzene rings is 1. The smallest absolute Gasteiger partial charge is 0.181 e. The molecule has 0 saturated carbocycles. The van der Waals surface area contributed by atoms with Gasteiger partial charge in [-0.2, -0.15) is 5.10 Å². The number of nitrogens with zero attached hydrogens (tertiary/aromatic N) is 3. The number of nitrogens with two attached hydrogens (primary N) is 1. The summed E-state index contributed by atoms with van der Waals surface area (Å²) in [7, 11) is 0. The van der Waals surface area contributed by atoms with E-state index in [1.165, 1.54) is 37.9 Å². The standard InChI is InChI=1S/C18H21N5/c19-15-10-16-17(21-22-18(16)20-11-15)14-6-4-5-13(9-14)12-23-7-2-1-3-8-23/h4-6,9-11H,1-3,7-8,12,19H2,(H,20,21,22). The van der Waals surface area contributed by atoms with E-state index in [1.807, 2.05) is 6.07 Å². The molecule has 1 aromatic carbocycles. The third kappa shape index (κ3) is 2.92. The first-order valence-corrected chi connectivity index (χ1v) is 8.21. The van der Waals surface area contributed by atoms with E-state index in [4.69, 9.17) is 5.73 Å². The van der Waals surface area contributed by atoms with Gasteiger partial charge in [-0.1, -0.05) is 24.6 Å². The number of H-pyrrole nitrogens is 1. The number of nitrogen functional groups attached to an aromatic ring is 1. The van der Waals surface area contributed by atoms with Crippen molar-refractivity contribution >= 4 is 16.7 Å². The topological polar surface area (TPSA) is 70.8 Å². The third-order valence-electron chi connectivity index (χ3n) is 4.50. The molecule has 1 aliphatic rings. The third-order valence-corrected chi connectivity index (χ3v) is 4.50. The van der Waals surface area contributed by atoms with Crippen LogP contribution in [0.2, 0.25) is 0 Å². The molecule has 4 rings (SSSR count). The highest BCUT2D eigenvalue weighted by Crippen LogP contribution is 2.27. The summed E-state index contributed by atoms with van der Waals surface area (Å²) in [6.45, 7) is 3.43. The molecule has 2 aromatic heterocycles. The average Bonchev–Trinajstić information content (AvgIpc) is 2.99. The van der Waals surface area contributed by atoms with Crippen LogP contribution >= 0.6 is 0 Å². The Labute approximate surface area is 135 Å². The molecule has 0 spiro atoms. The first-order valence-electron chi connectivity index (χ1n) is 8.21. The maximum atomic E-state index is 5.87. The maximum absolute atomic E-state index is 5.87. The van der Waals surface area contributed by atoms with Crippen LogP contribution in [0.15, 0.2) is 36.5 Å². The highest BCUT2D eigenvalue weighted by molar-refractivity contribution is 5.92. The van der Waals surface area contributed by atoms with Gasteiger partial charge in [-0.3, -0.25) is 10.00 Å². The number of hydrogen-bond acceptors (Lipinski definition) is 4. The van der Waals surface area contributed by atoms with Crippen LogP contribution in [-0.4, -0.2) is 33.2 Å². The Balaban J connectivity index is 1.65. The summed E-state index contributed by atoms with van der Waals surface area (Å²) in [6.07, 6.45) is 5.64. The van der Waals surface area contributed by atoms with Gasteiger partial charge in [0, 0.05) is 17.5 Å². The monoisotopic (exact) mass is 307 g/mol. The fraction of sp³-hybridized carbons (Fsp3) is 0.333. The number of piperidine rings is 1. The van der Waals surface area contributed by atoms with Crippen LogP contribution in [0.1, 0.15) is 24.8 Å². The molecule has 0 atom stereocenters. The molecule has 5 nitrogen and oxygen atoms in total. The SMILES string of the molecule is Nc1cnc2n[nH]c(-c3cccc(CN4CCCCC4)c3)c2c1. The predicted molar refractivity (Wildman–Crippen MR) is 92.9 cm³/mol. The van der Waals surface area contributed by atoms with Crippen LogP contribution in [0.5, 0.6) is 0 Å². The molecule has 0 unspecified atom stereocenters. The van der Waals surface area contributed by atoms with Gasteiger partial charge in [0.2, 0.25) is 0 Å². The van der Waals surface area contributed by atoms with Crippen molar-refractivity contribution in [3.05, 3.63) is 42.1 Å². The van der Waals surface area contributed by atoms with Gasteiger partial charge < -0.3 is 5.73 Å². The second-order valence-corrected chi connectivity index (χ2v) is 6.28. The highest BCUT2D eigenvalue weighted by atomic mass is 15.1. The minimum atomic E-state index is 0.657. The molecule has 3 N–H and O–H groups in total. The van der Waals surface area contributed by atoms with Crippen molar-refractivity contribution in [2.24, 2.45) is 0 Å². The molecule has 1 aliphatic heterocycles. The fourth-order valence-corrected chi connectivity index (χ4v) is 3.34. The minimum absolute atomic E-state index is 0.657. The largest absolute Gasteiger partial charge is 0.397 e. The Morgan fingerprint density at radius 3 is 2.87 bits per heavy atom. The van der Waals surface area contributed by atoms with Crippen molar-refractivity contribution < 1.29 is 0 Å². The number of nitrogens with one attached hydrogen (secondary N) is 1. The Morgan fingerprint density at radius 2 is 2.00 bits per heavy atom. The number of rotatable bonds is 3. The van der Waals surface area contributed by atoms with Gasteiger partial charge in [-0.05, 0) is 43.6 Å². The first kappa shape index (κ1) is 14.2. The summed E-state index contributed by atoms with van der Waals surface area (Å²) in [5.74, 6) is 0. The zero-order valence-corrected chi connectivity index (χ0v) is 13.1. The van der Waals surface area contributed by atoms with Gasteiger partial charge in [-0.15, -0.1) is 0 Å². The van der Waals surface area contributed by atoms with Gasteiger partial charge in [0.15, 0.2) is 5.65 Å². The average molecular weight is 307 g/mol.